The number of fused-ring (bicyclic) bond motifs is 1. The van der Waals surface area contributed by atoms with Gasteiger partial charge in [-0.3, -0.25) is 4.79 Å². The van der Waals surface area contributed by atoms with E-state index in [9.17, 15) is 19.1 Å². The van der Waals surface area contributed by atoms with Crippen molar-refractivity contribution in [2.75, 3.05) is 12.9 Å². The van der Waals surface area contributed by atoms with Crippen molar-refractivity contribution in [1.82, 2.24) is 5.32 Å². The summed E-state index contributed by atoms with van der Waals surface area (Å²) in [6.45, 7) is 0. The Morgan fingerprint density at radius 3 is 2.88 bits per heavy atom. The predicted octanol–water partition coefficient (Wildman–Crippen LogP) is 3.17. The zero-order valence-corrected chi connectivity index (χ0v) is 15.0. The number of rotatable bonds is 5. The van der Waals surface area contributed by atoms with Gasteiger partial charge >= 0.3 is 5.97 Å². The largest absolute Gasteiger partial charge is 0.494 e. The van der Waals surface area contributed by atoms with Crippen molar-refractivity contribution >= 4 is 35.0 Å². The van der Waals surface area contributed by atoms with Crippen LogP contribution in [0.25, 0.3) is 0 Å². The molecule has 1 amide bonds. The Kier molecular flexibility index (Phi) is 5.29. The molecule has 0 spiro atoms. The van der Waals surface area contributed by atoms with Crippen LogP contribution in [0.1, 0.15) is 27.3 Å². The van der Waals surface area contributed by atoms with E-state index in [1.807, 2.05) is 11.4 Å². The number of methoxy groups -OCH3 is 1. The van der Waals surface area contributed by atoms with E-state index in [1.54, 1.807) is 11.3 Å². The molecule has 1 aromatic heterocycles. The first kappa shape index (κ1) is 17.8. The Balaban J connectivity index is 1.82. The van der Waals surface area contributed by atoms with Gasteiger partial charge in [-0.1, -0.05) is 6.07 Å². The molecule has 0 saturated carbocycles. The molecule has 0 fully saturated rings. The van der Waals surface area contributed by atoms with E-state index >= 15 is 0 Å². The summed E-state index contributed by atoms with van der Waals surface area (Å²) in [5, 5.41) is 13.5. The minimum absolute atomic E-state index is 0.0185. The number of nitrogens with one attached hydrogen (secondary N) is 1. The maximum Gasteiger partial charge on any atom is 0.330 e. The van der Waals surface area contributed by atoms with Crippen LogP contribution < -0.4 is 10.1 Å². The average molecular weight is 381 g/mol. The van der Waals surface area contributed by atoms with Crippen LogP contribution in [0, 0.1) is 5.82 Å². The number of carbonyl (C=O) groups excluding carboxylic acids is 1. The Bertz CT molecular complexity index is 808. The van der Waals surface area contributed by atoms with E-state index in [2.05, 4.69) is 5.32 Å². The molecule has 132 valence electrons. The fourth-order valence-corrected chi connectivity index (χ4v) is 5.03. The first-order valence-electron chi connectivity index (χ1n) is 7.55. The van der Waals surface area contributed by atoms with E-state index in [1.165, 1.54) is 31.0 Å². The van der Waals surface area contributed by atoms with Gasteiger partial charge in [0.05, 0.1) is 7.11 Å². The summed E-state index contributed by atoms with van der Waals surface area (Å²) in [5.41, 5.74) is 1.09. The smallest absolute Gasteiger partial charge is 0.330 e. The number of carboxylic acid groups (broad SMARTS) is 1. The molecule has 2 N–H and O–H groups in total. The number of ether oxygens (including phenoxy) is 1. The van der Waals surface area contributed by atoms with Gasteiger partial charge in [-0.15, -0.1) is 23.1 Å². The summed E-state index contributed by atoms with van der Waals surface area (Å²) >= 11 is 3.09. The minimum atomic E-state index is -1.32. The fourth-order valence-electron chi connectivity index (χ4n) is 2.73. The van der Waals surface area contributed by atoms with E-state index in [-0.39, 0.29) is 17.2 Å². The molecule has 1 aliphatic heterocycles. The van der Waals surface area contributed by atoms with Gasteiger partial charge in [-0.2, -0.15) is 0 Å². The highest BCUT2D eigenvalue weighted by molar-refractivity contribution is 8.00. The Morgan fingerprint density at radius 1 is 1.40 bits per heavy atom. The van der Waals surface area contributed by atoms with Crippen molar-refractivity contribution in [3.8, 4) is 5.75 Å². The van der Waals surface area contributed by atoms with E-state index in [0.717, 1.165) is 28.7 Å². The van der Waals surface area contributed by atoms with Gasteiger partial charge in [0.2, 0.25) is 5.91 Å². The predicted molar refractivity (Wildman–Crippen MR) is 94.7 cm³/mol. The molecule has 8 heteroatoms. The molecule has 0 radical (unpaired) electrons. The average Bonchev–Trinajstić information content (AvgIpc) is 3.07. The summed E-state index contributed by atoms with van der Waals surface area (Å²) in [6.07, 6.45) is 0.910. The molecule has 2 heterocycles. The Hall–Kier alpha value is -2.06. The van der Waals surface area contributed by atoms with Crippen LogP contribution in [0.2, 0.25) is 0 Å². The lowest BCUT2D eigenvalue weighted by molar-refractivity contribution is -0.142. The third kappa shape index (κ3) is 3.64. The van der Waals surface area contributed by atoms with E-state index in [4.69, 9.17) is 4.74 Å². The van der Waals surface area contributed by atoms with Gasteiger partial charge in [0, 0.05) is 4.88 Å². The normalized spacial score (nSPS) is 17.4. The molecule has 1 aromatic carbocycles. The van der Waals surface area contributed by atoms with Crippen molar-refractivity contribution in [3.05, 3.63) is 51.5 Å². The number of aliphatic carboxylic acids is 1. The maximum absolute atomic E-state index is 13.9. The zero-order chi connectivity index (χ0) is 18.0. The summed E-state index contributed by atoms with van der Waals surface area (Å²) < 4.78 is 18.7. The Labute approximate surface area is 152 Å². The quantitative estimate of drug-likeness (QED) is 0.832. The first-order chi connectivity index (χ1) is 12.0. The molecular formula is C17H16FNO4S2. The van der Waals surface area contributed by atoms with Crippen molar-refractivity contribution in [3.63, 3.8) is 0 Å². The first-order valence-corrected chi connectivity index (χ1v) is 9.48. The number of halogens is 1. The van der Waals surface area contributed by atoms with E-state index in [0.29, 0.717) is 0 Å². The van der Waals surface area contributed by atoms with Crippen LogP contribution in [-0.4, -0.2) is 29.8 Å². The number of hydrogen-bond donors (Lipinski definition) is 2. The standard InChI is InChI=1S/C17H16FNO4S2/c1-23-12-3-2-9(8-11(12)18)14(17(21)22)19-16(20)15-10-4-6-24-13(10)5-7-25-15/h2-4,6,8,14-15H,5,7H2,1H3,(H,19,20)(H,21,22). The lowest BCUT2D eigenvalue weighted by Crippen LogP contribution is -2.37. The number of carboxylic acids is 1. The summed E-state index contributed by atoms with van der Waals surface area (Å²) in [4.78, 5) is 25.4. The van der Waals surface area contributed by atoms with Gasteiger partial charge in [0.15, 0.2) is 17.6 Å². The van der Waals surface area contributed by atoms with Crippen LogP contribution in [0.3, 0.4) is 0 Å². The minimum Gasteiger partial charge on any atom is -0.494 e. The van der Waals surface area contributed by atoms with Crippen LogP contribution in [0.4, 0.5) is 4.39 Å². The van der Waals surface area contributed by atoms with Crippen LogP contribution in [-0.2, 0) is 16.0 Å². The van der Waals surface area contributed by atoms with Gasteiger partial charge in [0.1, 0.15) is 5.25 Å². The van der Waals surface area contributed by atoms with Crippen LogP contribution >= 0.6 is 23.1 Å². The van der Waals surface area contributed by atoms with Gasteiger partial charge < -0.3 is 15.2 Å². The highest BCUT2D eigenvalue weighted by atomic mass is 32.2. The lowest BCUT2D eigenvalue weighted by atomic mass is 10.1. The molecule has 2 atom stereocenters. The summed E-state index contributed by atoms with van der Waals surface area (Å²) in [6, 6.07) is 4.43. The molecule has 0 aliphatic carbocycles. The number of aryl methyl sites for hydroxylation is 1. The van der Waals surface area contributed by atoms with Gasteiger partial charge in [0.25, 0.3) is 0 Å². The molecular weight excluding hydrogens is 365 g/mol. The second kappa shape index (κ2) is 7.45. The Morgan fingerprint density at radius 2 is 2.20 bits per heavy atom. The zero-order valence-electron chi connectivity index (χ0n) is 13.3. The molecule has 0 bridgehead atoms. The number of thioether (sulfide) groups is 1. The van der Waals surface area contributed by atoms with Crippen molar-refractivity contribution < 1.29 is 23.8 Å². The van der Waals surface area contributed by atoms with Crippen LogP contribution in [0.5, 0.6) is 5.75 Å². The molecule has 3 rings (SSSR count). The number of hydrogen-bond acceptors (Lipinski definition) is 5. The third-order valence-electron chi connectivity index (χ3n) is 3.96. The van der Waals surface area contributed by atoms with Crippen LogP contribution in [0.15, 0.2) is 29.6 Å². The monoisotopic (exact) mass is 381 g/mol. The van der Waals surface area contributed by atoms with Crippen molar-refractivity contribution in [1.29, 1.82) is 0 Å². The lowest BCUT2D eigenvalue weighted by Gasteiger charge is -2.24. The second-order valence-electron chi connectivity index (χ2n) is 5.47. The molecule has 5 nitrogen and oxygen atoms in total. The fraction of sp³-hybridized carbons (Fsp3) is 0.294. The van der Waals surface area contributed by atoms with Crippen molar-refractivity contribution in [2.24, 2.45) is 0 Å². The molecule has 2 aromatic rings. The molecule has 2 unspecified atom stereocenters. The van der Waals surface area contributed by atoms with Gasteiger partial charge in [-0.05, 0) is 46.9 Å². The number of carbonyl (C=O) groups is 2. The highest BCUT2D eigenvalue weighted by Gasteiger charge is 2.32. The second-order valence-corrected chi connectivity index (χ2v) is 7.69. The topological polar surface area (TPSA) is 75.6 Å². The van der Waals surface area contributed by atoms with Crippen molar-refractivity contribution in [2.45, 2.75) is 17.7 Å². The number of thiophene rings is 1. The third-order valence-corrected chi connectivity index (χ3v) is 6.19. The highest BCUT2D eigenvalue weighted by Crippen LogP contribution is 2.39. The summed E-state index contributed by atoms with van der Waals surface area (Å²) in [5.74, 6) is -1.48. The number of benzene rings is 1. The molecule has 1 aliphatic rings. The van der Waals surface area contributed by atoms with E-state index < -0.39 is 23.1 Å². The summed E-state index contributed by atoms with van der Waals surface area (Å²) in [7, 11) is 1.33. The number of amides is 1. The maximum atomic E-state index is 13.9. The molecule has 25 heavy (non-hydrogen) atoms. The van der Waals surface area contributed by atoms with Gasteiger partial charge in [-0.25, -0.2) is 9.18 Å². The molecule has 0 saturated heterocycles. The SMILES string of the molecule is COc1ccc(C(NC(=O)C2SCCc3sccc32)C(=O)O)cc1F.